The first-order chi connectivity index (χ1) is 7.65. The van der Waals surface area contributed by atoms with Crippen molar-refractivity contribution in [2.45, 2.75) is 39.0 Å². The van der Waals surface area contributed by atoms with Crippen LogP contribution in [0.4, 0.5) is 0 Å². The number of nitrogens with one attached hydrogen (secondary N) is 2. The number of unbranched alkanes of at least 4 members (excludes halogenated alkanes) is 2. The van der Waals surface area contributed by atoms with E-state index in [1.165, 1.54) is 5.48 Å². The zero-order chi connectivity index (χ0) is 12.4. The first-order valence-electron chi connectivity index (χ1n) is 5.56. The van der Waals surface area contributed by atoms with Gasteiger partial charge >= 0.3 is 0 Å². The van der Waals surface area contributed by atoms with E-state index in [4.69, 9.17) is 10.9 Å². The largest absolute Gasteiger partial charge is 0.344 e. The van der Waals surface area contributed by atoms with Crippen molar-refractivity contribution < 1.29 is 14.8 Å². The van der Waals surface area contributed by atoms with Crippen LogP contribution in [0.3, 0.4) is 0 Å². The van der Waals surface area contributed by atoms with Gasteiger partial charge in [-0.15, -0.1) is 0 Å². The molecule has 0 saturated heterocycles. The molecule has 0 heterocycles. The molecule has 0 aromatic carbocycles. The molecule has 0 aromatic heterocycles. The predicted octanol–water partition coefficient (Wildman–Crippen LogP) is 0.111. The molecule has 0 saturated carbocycles. The van der Waals surface area contributed by atoms with E-state index >= 15 is 0 Å². The van der Waals surface area contributed by atoms with Gasteiger partial charge in [0.15, 0.2) is 0 Å². The Bertz CT molecular complexity index is 221. The molecule has 5 N–H and O–H groups in total. The molecule has 2 amide bonds. The van der Waals surface area contributed by atoms with Gasteiger partial charge in [-0.05, 0) is 6.42 Å². The molecule has 0 aliphatic carbocycles. The first-order valence-corrected chi connectivity index (χ1v) is 5.56. The van der Waals surface area contributed by atoms with Gasteiger partial charge in [-0.2, -0.15) is 0 Å². The number of rotatable bonds is 8. The third-order valence-electron chi connectivity index (χ3n) is 2.36. The van der Waals surface area contributed by atoms with Crippen LogP contribution in [-0.4, -0.2) is 23.7 Å². The van der Waals surface area contributed by atoms with E-state index in [-0.39, 0.29) is 19.0 Å². The normalized spacial score (nSPS) is 11.9. The lowest BCUT2D eigenvalue weighted by molar-refractivity contribution is -0.135. The Labute approximate surface area is 95.5 Å². The molecule has 0 rings (SSSR count). The van der Waals surface area contributed by atoms with Crippen LogP contribution in [0.5, 0.6) is 0 Å². The molecule has 0 bridgehead atoms. The smallest absolute Gasteiger partial charge is 0.244 e. The van der Waals surface area contributed by atoms with Gasteiger partial charge in [-0.1, -0.05) is 26.2 Å². The highest BCUT2D eigenvalue weighted by Crippen LogP contribution is 2.14. The molecule has 0 fully saturated rings. The van der Waals surface area contributed by atoms with Crippen LogP contribution in [-0.2, 0) is 9.59 Å². The fourth-order valence-electron chi connectivity index (χ4n) is 1.48. The van der Waals surface area contributed by atoms with Crippen LogP contribution >= 0.6 is 0 Å². The van der Waals surface area contributed by atoms with Gasteiger partial charge in [0.2, 0.25) is 11.8 Å². The molecule has 0 aromatic rings. The van der Waals surface area contributed by atoms with Crippen LogP contribution < -0.4 is 16.5 Å². The number of carbonyl (C=O) groups is 2. The standard InChI is InChI=1S/C10H21N3O3/c1-2-3-4-5-8(6-9(14)13-16)10(15)12-7-11/h8,16H,2-7,11H2,1H3,(H,12,15)(H,13,14)/t8-/m1/s1. The molecule has 0 unspecified atom stereocenters. The van der Waals surface area contributed by atoms with Crippen molar-refractivity contribution >= 4 is 11.8 Å². The highest BCUT2D eigenvalue weighted by molar-refractivity contribution is 5.85. The molecule has 0 radical (unpaired) electrons. The Hall–Kier alpha value is -1.14. The summed E-state index contributed by atoms with van der Waals surface area (Å²) in [6.45, 7) is 2.12. The van der Waals surface area contributed by atoms with Gasteiger partial charge in [0.25, 0.3) is 0 Å². The molecule has 0 aliphatic rings. The second-order valence-electron chi connectivity index (χ2n) is 3.68. The van der Waals surface area contributed by atoms with Gasteiger partial charge in [-0.3, -0.25) is 14.8 Å². The summed E-state index contributed by atoms with van der Waals surface area (Å²) in [5.41, 5.74) is 6.74. The van der Waals surface area contributed by atoms with Crippen LogP contribution in [0.1, 0.15) is 39.0 Å². The maximum Gasteiger partial charge on any atom is 0.244 e. The fourth-order valence-corrected chi connectivity index (χ4v) is 1.48. The van der Waals surface area contributed by atoms with Crippen LogP contribution in [0, 0.1) is 5.92 Å². The monoisotopic (exact) mass is 231 g/mol. The maximum atomic E-state index is 11.5. The Balaban J connectivity index is 4.14. The maximum absolute atomic E-state index is 11.5. The Morgan fingerprint density at radius 3 is 2.56 bits per heavy atom. The average molecular weight is 231 g/mol. The lowest BCUT2D eigenvalue weighted by Crippen LogP contribution is -2.37. The predicted molar refractivity (Wildman–Crippen MR) is 59.4 cm³/mol. The molecule has 6 heteroatoms. The molecule has 94 valence electrons. The van der Waals surface area contributed by atoms with Gasteiger partial charge in [0.05, 0.1) is 6.67 Å². The number of nitrogens with two attached hydrogens (primary N) is 1. The highest BCUT2D eigenvalue weighted by Gasteiger charge is 2.20. The minimum absolute atomic E-state index is 0.00789. The summed E-state index contributed by atoms with van der Waals surface area (Å²) in [6.07, 6.45) is 3.58. The topological polar surface area (TPSA) is 104 Å². The summed E-state index contributed by atoms with van der Waals surface area (Å²) < 4.78 is 0. The fraction of sp³-hybridized carbons (Fsp3) is 0.800. The van der Waals surface area contributed by atoms with Gasteiger partial charge in [0, 0.05) is 12.3 Å². The first kappa shape index (κ1) is 14.9. The van der Waals surface area contributed by atoms with E-state index in [2.05, 4.69) is 12.2 Å². The Morgan fingerprint density at radius 1 is 1.38 bits per heavy atom. The van der Waals surface area contributed by atoms with Gasteiger partial charge in [-0.25, -0.2) is 5.48 Å². The highest BCUT2D eigenvalue weighted by atomic mass is 16.5. The van der Waals surface area contributed by atoms with E-state index in [9.17, 15) is 9.59 Å². The lowest BCUT2D eigenvalue weighted by Gasteiger charge is -2.14. The van der Waals surface area contributed by atoms with Crippen molar-refractivity contribution in [2.75, 3.05) is 6.67 Å². The van der Waals surface area contributed by atoms with E-state index < -0.39 is 11.8 Å². The van der Waals surface area contributed by atoms with E-state index in [1.807, 2.05) is 0 Å². The van der Waals surface area contributed by atoms with E-state index in [0.717, 1.165) is 19.3 Å². The summed E-state index contributed by atoms with van der Waals surface area (Å²) in [6, 6.07) is 0. The van der Waals surface area contributed by atoms with Crippen LogP contribution in [0.2, 0.25) is 0 Å². The molecule has 0 aliphatic heterocycles. The van der Waals surface area contributed by atoms with Crippen LogP contribution in [0.25, 0.3) is 0 Å². The Kier molecular flexibility index (Phi) is 8.46. The van der Waals surface area contributed by atoms with Gasteiger partial charge in [0.1, 0.15) is 0 Å². The molecular formula is C10H21N3O3. The zero-order valence-corrected chi connectivity index (χ0v) is 9.66. The molecule has 1 atom stereocenters. The van der Waals surface area contributed by atoms with Crippen molar-refractivity contribution in [3.05, 3.63) is 0 Å². The third-order valence-corrected chi connectivity index (χ3v) is 2.36. The molecule has 6 nitrogen and oxygen atoms in total. The number of carbonyl (C=O) groups excluding carboxylic acids is 2. The second kappa shape index (κ2) is 9.11. The number of hydrogen-bond acceptors (Lipinski definition) is 4. The molecule has 16 heavy (non-hydrogen) atoms. The quantitative estimate of drug-likeness (QED) is 0.206. The van der Waals surface area contributed by atoms with Crippen LogP contribution in [0.15, 0.2) is 0 Å². The Morgan fingerprint density at radius 2 is 2.06 bits per heavy atom. The SMILES string of the molecule is CCCCC[C@H](CC(=O)NO)C(=O)NCN. The summed E-state index contributed by atoms with van der Waals surface area (Å²) in [7, 11) is 0. The van der Waals surface area contributed by atoms with E-state index in [1.54, 1.807) is 0 Å². The third kappa shape index (κ3) is 6.36. The molecular weight excluding hydrogens is 210 g/mol. The number of amides is 2. The zero-order valence-electron chi connectivity index (χ0n) is 9.66. The minimum Gasteiger partial charge on any atom is -0.344 e. The van der Waals surface area contributed by atoms with Crippen molar-refractivity contribution in [3.63, 3.8) is 0 Å². The minimum atomic E-state index is -0.548. The summed E-state index contributed by atoms with van der Waals surface area (Å²) in [5.74, 6) is -1.20. The van der Waals surface area contributed by atoms with Crippen molar-refractivity contribution in [1.29, 1.82) is 0 Å². The van der Waals surface area contributed by atoms with Crippen molar-refractivity contribution in [1.82, 2.24) is 10.8 Å². The van der Waals surface area contributed by atoms with Crippen molar-refractivity contribution in [3.8, 4) is 0 Å². The van der Waals surface area contributed by atoms with E-state index in [0.29, 0.717) is 6.42 Å². The summed E-state index contributed by atoms with van der Waals surface area (Å²) in [5, 5.41) is 10.9. The van der Waals surface area contributed by atoms with Gasteiger partial charge < -0.3 is 11.1 Å². The average Bonchev–Trinajstić information content (AvgIpc) is 2.28. The number of hydrogen-bond donors (Lipinski definition) is 4. The summed E-state index contributed by atoms with van der Waals surface area (Å²) in [4.78, 5) is 22.5. The second-order valence-corrected chi connectivity index (χ2v) is 3.68. The summed E-state index contributed by atoms with van der Waals surface area (Å²) >= 11 is 0. The molecule has 0 spiro atoms. The lowest BCUT2D eigenvalue weighted by atomic mass is 9.96. The van der Waals surface area contributed by atoms with Crippen molar-refractivity contribution in [2.24, 2.45) is 11.7 Å². The number of hydroxylamine groups is 1.